The highest BCUT2D eigenvalue weighted by molar-refractivity contribution is 7.79. The second-order valence-corrected chi connectivity index (χ2v) is 6.57. The van der Waals surface area contributed by atoms with Gasteiger partial charge in [0, 0.05) is 16.5 Å². The number of nitrogens with two attached hydrogens (primary N) is 2. The minimum atomic E-state index is -2.01. The van der Waals surface area contributed by atoms with Gasteiger partial charge >= 0.3 is 0 Å². The van der Waals surface area contributed by atoms with Crippen molar-refractivity contribution in [3.8, 4) is 10.4 Å². The molecule has 6 nitrogen and oxygen atoms in total. The average Bonchev–Trinajstić information content (AvgIpc) is 2.93. The first-order valence-corrected chi connectivity index (χ1v) is 8.09. The minimum Gasteiger partial charge on any atom is -0.383 e. The zero-order chi connectivity index (χ0) is 15.9. The lowest BCUT2D eigenvalue weighted by molar-refractivity contribution is 0.100. The van der Waals surface area contributed by atoms with Gasteiger partial charge in [0.05, 0.1) is 15.2 Å². The van der Waals surface area contributed by atoms with E-state index in [0.717, 1.165) is 10.4 Å². The Morgan fingerprint density at radius 3 is 2.55 bits per heavy atom. The molecule has 1 unspecified atom stereocenters. The quantitative estimate of drug-likeness (QED) is 0.635. The van der Waals surface area contributed by atoms with Crippen molar-refractivity contribution in [3.05, 3.63) is 42.1 Å². The van der Waals surface area contributed by atoms with E-state index in [2.05, 4.69) is 4.98 Å². The molecule has 2 aromatic heterocycles. The summed E-state index contributed by atoms with van der Waals surface area (Å²) in [5, 5.41) is 0.672. The van der Waals surface area contributed by atoms with Crippen LogP contribution in [0.15, 0.2) is 41.4 Å². The van der Waals surface area contributed by atoms with Crippen molar-refractivity contribution in [2.24, 2.45) is 5.73 Å². The van der Waals surface area contributed by atoms with Gasteiger partial charge in [-0.25, -0.2) is 9.19 Å². The number of carbonyl (C=O) groups excluding carboxylic acids is 1. The van der Waals surface area contributed by atoms with Crippen molar-refractivity contribution in [3.63, 3.8) is 0 Å². The topological polar surface area (TPSA) is 119 Å². The molecule has 0 bridgehead atoms. The fourth-order valence-corrected chi connectivity index (χ4v) is 3.65. The van der Waals surface area contributed by atoms with Crippen molar-refractivity contribution < 1.29 is 13.6 Å². The molecular weight excluding hydrogens is 322 g/mol. The van der Waals surface area contributed by atoms with Crippen molar-refractivity contribution in [2.45, 2.75) is 4.90 Å². The zero-order valence-corrected chi connectivity index (χ0v) is 12.8. The first-order chi connectivity index (χ1) is 10.5. The molecule has 3 rings (SSSR count). The summed E-state index contributed by atoms with van der Waals surface area (Å²) in [7, 11) is 0. The maximum atomic E-state index is 11.5. The molecular formula is C14H11N3O3S2. The maximum absolute atomic E-state index is 11.5. The van der Waals surface area contributed by atoms with Crippen molar-refractivity contribution in [1.82, 2.24) is 4.98 Å². The van der Waals surface area contributed by atoms with Crippen LogP contribution in [0.2, 0.25) is 0 Å². The number of hydrogen-bond donors (Lipinski definition) is 3. The molecule has 22 heavy (non-hydrogen) atoms. The summed E-state index contributed by atoms with van der Waals surface area (Å²) in [5.41, 5.74) is 12.4. The Hall–Kier alpha value is -2.29. The SMILES string of the molecule is NC(=O)c1cnc(N)c2cc(-c3ccc(S(=O)O)cc3)sc12. The van der Waals surface area contributed by atoms with Crippen LogP contribution < -0.4 is 11.5 Å². The number of pyridine rings is 1. The molecule has 1 atom stereocenters. The highest BCUT2D eigenvalue weighted by Crippen LogP contribution is 2.37. The van der Waals surface area contributed by atoms with Gasteiger partial charge in [-0.1, -0.05) is 12.1 Å². The standard InChI is InChI=1S/C14H11N3O3S2/c15-13-9-5-11(7-1-3-8(4-2-7)22(19)20)21-12(9)10(6-17-13)14(16)18/h1-6H,(H2,15,17)(H2,16,18)(H,19,20). The number of fused-ring (bicyclic) bond motifs is 1. The van der Waals surface area contributed by atoms with Crippen LogP contribution in [0.3, 0.4) is 0 Å². The van der Waals surface area contributed by atoms with Crippen LogP contribution in [0.4, 0.5) is 5.82 Å². The predicted octanol–water partition coefficient (Wildman–Crippen LogP) is 2.22. The van der Waals surface area contributed by atoms with Gasteiger partial charge in [0.15, 0.2) is 11.1 Å². The molecule has 0 spiro atoms. The lowest BCUT2D eigenvalue weighted by atomic mass is 10.1. The van der Waals surface area contributed by atoms with Gasteiger partial charge in [-0.15, -0.1) is 11.3 Å². The zero-order valence-electron chi connectivity index (χ0n) is 11.1. The van der Waals surface area contributed by atoms with Gasteiger partial charge in [0.25, 0.3) is 5.91 Å². The summed E-state index contributed by atoms with van der Waals surface area (Å²) in [6.45, 7) is 0. The third kappa shape index (κ3) is 2.47. The van der Waals surface area contributed by atoms with Gasteiger partial charge in [0.1, 0.15) is 5.82 Å². The lowest BCUT2D eigenvalue weighted by Crippen LogP contribution is -2.11. The Morgan fingerprint density at radius 1 is 1.27 bits per heavy atom. The van der Waals surface area contributed by atoms with Gasteiger partial charge in [0.2, 0.25) is 0 Å². The summed E-state index contributed by atoms with van der Waals surface area (Å²) in [6.07, 6.45) is 1.37. The number of thiophene rings is 1. The number of primary amides is 1. The van der Waals surface area contributed by atoms with E-state index < -0.39 is 17.0 Å². The van der Waals surface area contributed by atoms with E-state index in [-0.39, 0.29) is 0 Å². The van der Waals surface area contributed by atoms with E-state index in [0.29, 0.717) is 26.4 Å². The number of amides is 1. The molecule has 0 saturated carbocycles. The average molecular weight is 333 g/mol. The fraction of sp³-hybridized carbons (Fsp3) is 0. The predicted molar refractivity (Wildman–Crippen MR) is 87.0 cm³/mol. The number of nitrogens with zero attached hydrogens (tertiary/aromatic N) is 1. The molecule has 0 radical (unpaired) electrons. The van der Waals surface area contributed by atoms with E-state index in [1.165, 1.54) is 17.5 Å². The second kappa shape index (κ2) is 5.48. The Kier molecular flexibility index (Phi) is 3.65. The molecule has 1 amide bonds. The molecule has 112 valence electrons. The summed E-state index contributed by atoms with van der Waals surface area (Å²) >= 11 is -0.635. The number of benzene rings is 1. The summed E-state index contributed by atoms with van der Waals surface area (Å²) < 4.78 is 20.7. The van der Waals surface area contributed by atoms with Crippen LogP contribution in [-0.4, -0.2) is 19.7 Å². The minimum absolute atomic E-state index is 0.323. The molecule has 0 saturated heterocycles. The fourth-order valence-electron chi connectivity index (χ4n) is 2.10. The molecule has 8 heteroatoms. The van der Waals surface area contributed by atoms with Crippen molar-refractivity contribution >= 4 is 44.2 Å². The Bertz CT molecular complexity index is 904. The molecule has 0 aliphatic heterocycles. The number of rotatable bonds is 3. The first kappa shape index (κ1) is 14.6. The normalized spacial score (nSPS) is 12.4. The van der Waals surface area contributed by atoms with Gasteiger partial charge in [-0.05, 0) is 23.8 Å². The van der Waals surface area contributed by atoms with E-state index in [1.807, 2.05) is 6.07 Å². The number of carbonyl (C=O) groups is 1. The largest absolute Gasteiger partial charge is 0.383 e. The number of anilines is 1. The number of hydrogen-bond acceptors (Lipinski definition) is 5. The Labute approximate surface area is 132 Å². The molecule has 0 aliphatic carbocycles. The van der Waals surface area contributed by atoms with E-state index in [9.17, 15) is 9.00 Å². The molecule has 2 heterocycles. The maximum Gasteiger partial charge on any atom is 0.251 e. The van der Waals surface area contributed by atoms with Crippen LogP contribution >= 0.6 is 11.3 Å². The van der Waals surface area contributed by atoms with Crippen LogP contribution in [0.5, 0.6) is 0 Å². The third-order valence-electron chi connectivity index (χ3n) is 3.19. The molecule has 5 N–H and O–H groups in total. The molecule has 0 aliphatic rings. The number of aromatic nitrogens is 1. The highest BCUT2D eigenvalue weighted by atomic mass is 32.2. The first-order valence-electron chi connectivity index (χ1n) is 6.16. The van der Waals surface area contributed by atoms with Gasteiger partial charge in [-0.3, -0.25) is 4.79 Å². The van der Waals surface area contributed by atoms with E-state index in [4.69, 9.17) is 16.0 Å². The van der Waals surface area contributed by atoms with Gasteiger partial charge in [-0.2, -0.15) is 0 Å². The van der Waals surface area contributed by atoms with Crippen molar-refractivity contribution in [2.75, 3.05) is 5.73 Å². The third-order valence-corrected chi connectivity index (χ3v) is 5.08. The lowest BCUT2D eigenvalue weighted by Gasteiger charge is -1.99. The van der Waals surface area contributed by atoms with Crippen LogP contribution in [0, 0.1) is 0 Å². The molecule has 0 fully saturated rings. The second-order valence-electron chi connectivity index (χ2n) is 4.55. The van der Waals surface area contributed by atoms with Crippen molar-refractivity contribution in [1.29, 1.82) is 0 Å². The molecule has 3 aromatic rings. The molecule has 1 aromatic carbocycles. The van der Waals surface area contributed by atoms with E-state index >= 15 is 0 Å². The van der Waals surface area contributed by atoms with E-state index in [1.54, 1.807) is 24.3 Å². The van der Waals surface area contributed by atoms with Crippen LogP contribution in [0.1, 0.15) is 10.4 Å². The monoisotopic (exact) mass is 333 g/mol. The summed E-state index contributed by atoms with van der Waals surface area (Å²) in [5.74, 6) is -0.229. The van der Waals surface area contributed by atoms with Gasteiger partial charge < -0.3 is 16.0 Å². The summed E-state index contributed by atoms with van der Waals surface area (Å²) in [4.78, 5) is 16.7. The summed E-state index contributed by atoms with van der Waals surface area (Å²) in [6, 6.07) is 8.46. The Balaban J connectivity index is 2.16. The smallest absolute Gasteiger partial charge is 0.251 e. The number of nitrogen functional groups attached to an aromatic ring is 1. The Morgan fingerprint density at radius 2 is 1.95 bits per heavy atom. The van der Waals surface area contributed by atoms with Crippen LogP contribution in [-0.2, 0) is 11.1 Å². The van der Waals surface area contributed by atoms with Crippen LogP contribution in [0.25, 0.3) is 20.5 Å². The highest BCUT2D eigenvalue weighted by Gasteiger charge is 2.14.